The number of carbonyl (C=O) groups excluding carboxylic acids is 1. The Bertz CT molecular complexity index is 505. The number of benzene rings is 1. The Morgan fingerprint density at radius 2 is 2.05 bits per heavy atom. The van der Waals surface area contributed by atoms with Gasteiger partial charge in [-0.3, -0.25) is 4.79 Å². The molecule has 1 saturated heterocycles. The van der Waals surface area contributed by atoms with Gasteiger partial charge in [-0.2, -0.15) is 0 Å². The fraction of sp³-hybridized carbons (Fsp3) is 0.438. The molecular weight excluding hydrogens is 238 g/mol. The molecule has 0 saturated carbocycles. The Morgan fingerprint density at radius 1 is 1.37 bits per heavy atom. The number of amides is 1. The van der Waals surface area contributed by atoms with Crippen LogP contribution >= 0.6 is 0 Å². The SMILES string of the molecule is CC(C)(O)C1CCCN1C(=O)C#Cc1ccccc1. The molecule has 1 aromatic carbocycles. The van der Waals surface area contributed by atoms with Gasteiger partial charge in [-0.25, -0.2) is 0 Å². The monoisotopic (exact) mass is 257 g/mol. The molecule has 0 aromatic heterocycles. The van der Waals surface area contributed by atoms with Gasteiger partial charge in [-0.1, -0.05) is 24.1 Å². The van der Waals surface area contributed by atoms with Gasteiger partial charge in [0.2, 0.25) is 0 Å². The van der Waals surface area contributed by atoms with Crippen LogP contribution in [-0.2, 0) is 4.79 Å². The molecular formula is C16H19NO2. The number of rotatable bonds is 1. The van der Waals surface area contributed by atoms with E-state index in [1.165, 1.54) is 0 Å². The van der Waals surface area contributed by atoms with Gasteiger partial charge in [0.15, 0.2) is 0 Å². The molecule has 1 amide bonds. The molecule has 1 heterocycles. The third kappa shape index (κ3) is 3.36. The molecule has 0 bridgehead atoms. The van der Waals surface area contributed by atoms with Crippen molar-refractivity contribution in [2.75, 3.05) is 6.54 Å². The number of aliphatic hydroxyl groups is 1. The molecule has 19 heavy (non-hydrogen) atoms. The van der Waals surface area contributed by atoms with Crippen LogP contribution in [0.3, 0.4) is 0 Å². The second-order valence-electron chi connectivity index (χ2n) is 5.43. The Balaban J connectivity index is 2.11. The maximum atomic E-state index is 12.1. The molecule has 1 N–H and O–H groups in total. The van der Waals surface area contributed by atoms with E-state index in [0.717, 1.165) is 18.4 Å². The average Bonchev–Trinajstić information content (AvgIpc) is 2.86. The summed E-state index contributed by atoms with van der Waals surface area (Å²) in [6.07, 6.45) is 1.76. The molecule has 0 aliphatic carbocycles. The van der Waals surface area contributed by atoms with Gasteiger partial charge in [0.25, 0.3) is 5.91 Å². The molecule has 1 unspecified atom stereocenters. The molecule has 2 rings (SSSR count). The van der Waals surface area contributed by atoms with Crippen molar-refractivity contribution in [2.24, 2.45) is 0 Å². The van der Waals surface area contributed by atoms with Gasteiger partial charge in [0, 0.05) is 18.0 Å². The zero-order chi connectivity index (χ0) is 13.9. The summed E-state index contributed by atoms with van der Waals surface area (Å²) in [6.45, 7) is 4.17. The van der Waals surface area contributed by atoms with E-state index in [9.17, 15) is 9.90 Å². The molecule has 1 aliphatic rings. The summed E-state index contributed by atoms with van der Waals surface area (Å²) in [5.74, 6) is 5.34. The van der Waals surface area contributed by atoms with Crippen molar-refractivity contribution in [1.82, 2.24) is 4.90 Å². The number of carbonyl (C=O) groups is 1. The first-order valence-corrected chi connectivity index (χ1v) is 6.58. The van der Waals surface area contributed by atoms with Crippen LogP contribution in [0.1, 0.15) is 32.3 Å². The highest BCUT2D eigenvalue weighted by Gasteiger charge is 2.37. The van der Waals surface area contributed by atoms with E-state index < -0.39 is 5.60 Å². The normalized spacial score (nSPS) is 18.9. The van der Waals surface area contributed by atoms with Crippen LogP contribution in [0, 0.1) is 11.8 Å². The lowest BCUT2D eigenvalue weighted by atomic mass is 9.96. The zero-order valence-electron chi connectivity index (χ0n) is 11.4. The smallest absolute Gasteiger partial charge is 0.299 e. The largest absolute Gasteiger partial charge is 0.388 e. The maximum absolute atomic E-state index is 12.1. The van der Waals surface area contributed by atoms with Crippen LogP contribution in [0.4, 0.5) is 0 Å². The zero-order valence-corrected chi connectivity index (χ0v) is 11.4. The molecule has 0 radical (unpaired) electrons. The standard InChI is InChI=1S/C16H19NO2/c1-16(2,19)14-9-6-12-17(14)15(18)11-10-13-7-4-3-5-8-13/h3-5,7-8,14,19H,6,9,12H2,1-2H3. The van der Waals surface area contributed by atoms with Crippen LogP contribution in [0.15, 0.2) is 30.3 Å². The van der Waals surface area contributed by atoms with Gasteiger partial charge in [-0.05, 0) is 38.8 Å². The summed E-state index contributed by atoms with van der Waals surface area (Å²) in [6, 6.07) is 9.31. The van der Waals surface area contributed by atoms with Crippen LogP contribution < -0.4 is 0 Å². The Labute approximate surface area is 114 Å². The summed E-state index contributed by atoms with van der Waals surface area (Å²) in [7, 11) is 0. The fourth-order valence-corrected chi connectivity index (χ4v) is 2.46. The Hall–Kier alpha value is -1.79. The molecule has 1 fully saturated rings. The van der Waals surface area contributed by atoms with E-state index in [4.69, 9.17) is 0 Å². The van der Waals surface area contributed by atoms with Crippen LogP contribution in [-0.4, -0.2) is 34.1 Å². The molecule has 0 spiro atoms. The first-order valence-electron chi connectivity index (χ1n) is 6.58. The first-order chi connectivity index (χ1) is 8.98. The number of hydrogen-bond acceptors (Lipinski definition) is 2. The van der Waals surface area contributed by atoms with E-state index in [1.54, 1.807) is 18.7 Å². The van der Waals surface area contributed by atoms with Gasteiger partial charge < -0.3 is 10.0 Å². The van der Waals surface area contributed by atoms with E-state index in [1.807, 2.05) is 30.3 Å². The number of likely N-dealkylation sites (tertiary alicyclic amines) is 1. The molecule has 1 atom stereocenters. The maximum Gasteiger partial charge on any atom is 0.299 e. The average molecular weight is 257 g/mol. The minimum atomic E-state index is -0.874. The second kappa shape index (κ2) is 5.46. The first kappa shape index (κ1) is 13.6. The van der Waals surface area contributed by atoms with Gasteiger partial charge >= 0.3 is 0 Å². The summed E-state index contributed by atoms with van der Waals surface area (Å²) < 4.78 is 0. The Morgan fingerprint density at radius 3 is 2.68 bits per heavy atom. The summed E-state index contributed by atoms with van der Waals surface area (Å²) >= 11 is 0. The van der Waals surface area contributed by atoms with Gasteiger partial charge in [0.05, 0.1) is 11.6 Å². The molecule has 3 heteroatoms. The predicted octanol–water partition coefficient (Wildman–Crippen LogP) is 1.80. The van der Waals surface area contributed by atoms with Crippen LogP contribution in [0.5, 0.6) is 0 Å². The van der Waals surface area contributed by atoms with Gasteiger partial charge in [0.1, 0.15) is 0 Å². The van der Waals surface area contributed by atoms with Crippen molar-refractivity contribution < 1.29 is 9.90 Å². The highest BCUT2D eigenvalue weighted by atomic mass is 16.3. The molecule has 1 aromatic rings. The topological polar surface area (TPSA) is 40.5 Å². The lowest BCUT2D eigenvalue weighted by molar-refractivity contribution is -0.130. The lowest BCUT2D eigenvalue weighted by Crippen LogP contribution is -2.47. The Kier molecular flexibility index (Phi) is 3.92. The van der Waals surface area contributed by atoms with E-state index in [0.29, 0.717) is 6.54 Å². The highest BCUT2D eigenvalue weighted by molar-refractivity contribution is 5.94. The second-order valence-corrected chi connectivity index (χ2v) is 5.43. The predicted molar refractivity (Wildman–Crippen MR) is 74.4 cm³/mol. The van der Waals surface area contributed by atoms with Crippen molar-refractivity contribution in [2.45, 2.75) is 38.3 Å². The molecule has 100 valence electrons. The third-order valence-electron chi connectivity index (χ3n) is 3.42. The van der Waals surface area contributed by atoms with Gasteiger partial charge in [-0.15, -0.1) is 0 Å². The van der Waals surface area contributed by atoms with E-state index in [-0.39, 0.29) is 11.9 Å². The van der Waals surface area contributed by atoms with Crippen molar-refractivity contribution in [3.8, 4) is 11.8 Å². The minimum Gasteiger partial charge on any atom is -0.388 e. The summed E-state index contributed by atoms with van der Waals surface area (Å²) in [5, 5.41) is 10.1. The van der Waals surface area contributed by atoms with E-state index >= 15 is 0 Å². The van der Waals surface area contributed by atoms with Crippen molar-refractivity contribution >= 4 is 5.91 Å². The minimum absolute atomic E-state index is 0.134. The number of nitrogens with zero attached hydrogens (tertiary/aromatic N) is 1. The number of hydrogen-bond donors (Lipinski definition) is 1. The van der Waals surface area contributed by atoms with E-state index in [2.05, 4.69) is 11.8 Å². The quantitative estimate of drug-likeness (QED) is 0.779. The summed E-state index contributed by atoms with van der Waals surface area (Å²) in [5.41, 5.74) is -0.0458. The molecule has 3 nitrogen and oxygen atoms in total. The summed E-state index contributed by atoms with van der Waals surface area (Å²) in [4.78, 5) is 13.8. The van der Waals surface area contributed by atoms with Crippen molar-refractivity contribution in [3.05, 3.63) is 35.9 Å². The molecule has 1 aliphatic heterocycles. The van der Waals surface area contributed by atoms with Crippen LogP contribution in [0.2, 0.25) is 0 Å². The van der Waals surface area contributed by atoms with Crippen LogP contribution in [0.25, 0.3) is 0 Å². The highest BCUT2D eigenvalue weighted by Crippen LogP contribution is 2.26. The fourth-order valence-electron chi connectivity index (χ4n) is 2.46. The third-order valence-corrected chi connectivity index (χ3v) is 3.42. The van der Waals surface area contributed by atoms with Crippen molar-refractivity contribution in [1.29, 1.82) is 0 Å². The van der Waals surface area contributed by atoms with Crippen molar-refractivity contribution in [3.63, 3.8) is 0 Å². The lowest BCUT2D eigenvalue weighted by Gasteiger charge is -2.32.